The second kappa shape index (κ2) is 11.6. The van der Waals surface area contributed by atoms with Crippen molar-refractivity contribution in [2.24, 2.45) is 0 Å². The Morgan fingerprint density at radius 2 is 1.77 bits per heavy atom. The van der Waals surface area contributed by atoms with Crippen LogP contribution in [0.3, 0.4) is 0 Å². The van der Waals surface area contributed by atoms with Crippen LogP contribution in [0, 0.1) is 13.8 Å². The SMILES string of the molecule is COc1ccccc1N1C(=O)/C(=C/c2cc(C)n(-c3sc4c(c3C(=O)Nc3ccccc3)CCCC4)c2C)C(=O)NC1=S. The van der Waals surface area contributed by atoms with Gasteiger partial charge in [-0.05, 0) is 99.3 Å². The predicted molar refractivity (Wildman–Crippen MR) is 173 cm³/mol. The van der Waals surface area contributed by atoms with E-state index in [4.69, 9.17) is 17.0 Å². The Balaban J connectivity index is 1.42. The van der Waals surface area contributed by atoms with E-state index in [9.17, 15) is 14.4 Å². The van der Waals surface area contributed by atoms with Crippen molar-refractivity contribution in [2.45, 2.75) is 39.5 Å². The lowest BCUT2D eigenvalue weighted by molar-refractivity contribution is -0.122. The van der Waals surface area contributed by atoms with Crippen LogP contribution in [0.2, 0.25) is 0 Å². The Morgan fingerprint density at radius 1 is 1.05 bits per heavy atom. The van der Waals surface area contributed by atoms with Gasteiger partial charge in [-0.2, -0.15) is 0 Å². The topological polar surface area (TPSA) is 92.7 Å². The number of methoxy groups -OCH3 is 1. The molecule has 1 aliphatic carbocycles. The molecule has 0 atom stereocenters. The fourth-order valence-electron chi connectivity index (χ4n) is 5.75. The van der Waals surface area contributed by atoms with Gasteiger partial charge in [-0.15, -0.1) is 11.3 Å². The van der Waals surface area contributed by atoms with E-state index in [1.807, 2.05) is 50.2 Å². The molecule has 0 saturated carbocycles. The van der Waals surface area contributed by atoms with Crippen molar-refractivity contribution in [1.29, 1.82) is 0 Å². The first kappa shape index (κ1) is 28.6. The maximum atomic E-state index is 13.8. The highest BCUT2D eigenvalue weighted by Gasteiger charge is 2.36. The Bertz CT molecular complexity index is 1820. The number of hydrogen-bond acceptors (Lipinski definition) is 6. The van der Waals surface area contributed by atoms with Gasteiger partial charge in [-0.3, -0.25) is 19.7 Å². The zero-order valence-corrected chi connectivity index (χ0v) is 25.7. The zero-order chi connectivity index (χ0) is 30.2. The largest absolute Gasteiger partial charge is 0.495 e. The number of nitrogens with one attached hydrogen (secondary N) is 2. The standard InChI is InChI=1S/C33H30N4O4S2/c1-19-17-21(18-24-29(38)35-33(42)37(31(24)40)25-14-8-9-15-26(25)41-3)20(2)36(19)32-28(23-13-7-10-16-27(23)43-32)30(39)34-22-11-5-4-6-12-22/h4-6,8-9,11-12,14-15,17-18H,7,10,13,16H2,1-3H3,(H,34,39)(H,35,38,42)/b24-18+. The molecule has 1 saturated heterocycles. The summed E-state index contributed by atoms with van der Waals surface area (Å²) in [5, 5.41) is 6.56. The second-order valence-electron chi connectivity index (χ2n) is 10.5. The molecule has 0 spiro atoms. The van der Waals surface area contributed by atoms with Crippen LogP contribution in [0.4, 0.5) is 11.4 Å². The van der Waals surface area contributed by atoms with Gasteiger partial charge in [0, 0.05) is 22.0 Å². The van der Waals surface area contributed by atoms with Crippen LogP contribution in [0.1, 0.15) is 50.6 Å². The lowest BCUT2D eigenvalue weighted by Gasteiger charge is -2.29. The Kier molecular flexibility index (Phi) is 7.72. The molecule has 2 aliphatic rings. The number of anilines is 2. The van der Waals surface area contributed by atoms with Crippen molar-refractivity contribution < 1.29 is 19.1 Å². The fraction of sp³-hybridized carbons (Fsp3) is 0.212. The van der Waals surface area contributed by atoms with Gasteiger partial charge in [0.15, 0.2) is 5.11 Å². The maximum absolute atomic E-state index is 13.8. The molecule has 1 fully saturated rings. The number of carbonyl (C=O) groups is 3. The Hall–Kier alpha value is -4.54. The van der Waals surface area contributed by atoms with E-state index < -0.39 is 11.8 Å². The number of benzene rings is 2. The first-order valence-electron chi connectivity index (χ1n) is 14.0. The quantitative estimate of drug-likeness (QED) is 0.156. The van der Waals surface area contributed by atoms with Crippen LogP contribution in [0.15, 0.2) is 66.2 Å². The lowest BCUT2D eigenvalue weighted by atomic mass is 9.95. The third kappa shape index (κ3) is 5.17. The van der Waals surface area contributed by atoms with E-state index in [1.165, 1.54) is 16.9 Å². The van der Waals surface area contributed by atoms with Crippen LogP contribution in [-0.2, 0) is 22.4 Å². The number of fused-ring (bicyclic) bond motifs is 1. The third-order valence-electron chi connectivity index (χ3n) is 7.81. The molecule has 3 amide bonds. The summed E-state index contributed by atoms with van der Waals surface area (Å²) >= 11 is 7.02. The molecular weight excluding hydrogens is 581 g/mol. The second-order valence-corrected chi connectivity index (χ2v) is 12.0. The minimum atomic E-state index is -0.569. The van der Waals surface area contributed by atoms with Crippen molar-refractivity contribution in [3.8, 4) is 10.8 Å². The van der Waals surface area contributed by atoms with Crippen molar-refractivity contribution >= 4 is 63.8 Å². The smallest absolute Gasteiger partial charge is 0.270 e. The molecule has 43 heavy (non-hydrogen) atoms. The Morgan fingerprint density at radius 3 is 2.53 bits per heavy atom. The number of aromatic nitrogens is 1. The van der Waals surface area contributed by atoms with Gasteiger partial charge in [-0.1, -0.05) is 30.3 Å². The van der Waals surface area contributed by atoms with E-state index in [0.29, 0.717) is 22.6 Å². The average Bonchev–Trinajstić information content (AvgIpc) is 3.51. The van der Waals surface area contributed by atoms with Crippen LogP contribution in [-0.4, -0.2) is 34.5 Å². The summed E-state index contributed by atoms with van der Waals surface area (Å²) in [6.07, 6.45) is 5.52. The summed E-state index contributed by atoms with van der Waals surface area (Å²) < 4.78 is 7.50. The van der Waals surface area contributed by atoms with Gasteiger partial charge in [0.25, 0.3) is 17.7 Å². The number of aryl methyl sites for hydroxylation is 2. The van der Waals surface area contributed by atoms with Crippen LogP contribution < -0.4 is 20.3 Å². The highest BCUT2D eigenvalue weighted by atomic mass is 32.1. The number of carbonyl (C=O) groups excluding carboxylic acids is 3. The molecule has 0 bridgehead atoms. The molecule has 0 unspecified atom stereocenters. The predicted octanol–water partition coefficient (Wildman–Crippen LogP) is 6.13. The molecule has 4 aromatic rings. The van der Waals surface area contributed by atoms with Crippen LogP contribution in [0.5, 0.6) is 5.75 Å². The monoisotopic (exact) mass is 610 g/mol. The van der Waals surface area contributed by atoms with E-state index in [1.54, 1.807) is 41.7 Å². The van der Waals surface area contributed by atoms with Gasteiger partial charge in [0.1, 0.15) is 16.3 Å². The summed E-state index contributed by atoms with van der Waals surface area (Å²) in [4.78, 5) is 43.1. The van der Waals surface area contributed by atoms with E-state index in [-0.39, 0.29) is 16.6 Å². The molecular formula is C33H30N4O4S2. The van der Waals surface area contributed by atoms with Gasteiger partial charge >= 0.3 is 0 Å². The Labute approximate surface area is 259 Å². The van der Waals surface area contributed by atoms with E-state index in [0.717, 1.165) is 53.3 Å². The minimum Gasteiger partial charge on any atom is -0.495 e. The summed E-state index contributed by atoms with van der Waals surface area (Å²) in [7, 11) is 1.51. The van der Waals surface area contributed by atoms with Crippen molar-refractivity contribution in [3.63, 3.8) is 0 Å². The number of amides is 3. The van der Waals surface area contributed by atoms with Gasteiger partial charge < -0.3 is 14.6 Å². The molecule has 2 aromatic carbocycles. The molecule has 8 nitrogen and oxygen atoms in total. The zero-order valence-electron chi connectivity index (χ0n) is 24.0. The number of para-hydroxylation sites is 3. The van der Waals surface area contributed by atoms with E-state index in [2.05, 4.69) is 15.2 Å². The molecule has 6 rings (SSSR count). The van der Waals surface area contributed by atoms with Gasteiger partial charge in [-0.25, -0.2) is 4.90 Å². The van der Waals surface area contributed by atoms with Crippen molar-refractivity contribution in [3.05, 3.63) is 99.2 Å². The number of rotatable bonds is 6. The third-order valence-corrected chi connectivity index (χ3v) is 9.37. The summed E-state index contributed by atoms with van der Waals surface area (Å²) in [5.41, 5.74) is 5.32. The molecule has 2 aromatic heterocycles. The first-order valence-corrected chi connectivity index (χ1v) is 15.3. The lowest BCUT2D eigenvalue weighted by Crippen LogP contribution is -2.54. The van der Waals surface area contributed by atoms with Crippen LogP contribution >= 0.6 is 23.6 Å². The first-order chi connectivity index (χ1) is 20.8. The summed E-state index contributed by atoms with van der Waals surface area (Å²) in [6, 6.07) is 18.4. The summed E-state index contributed by atoms with van der Waals surface area (Å²) in [5.74, 6) is -0.802. The average molecular weight is 611 g/mol. The number of ether oxygens (including phenoxy) is 1. The van der Waals surface area contributed by atoms with Crippen molar-refractivity contribution in [1.82, 2.24) is 9.88 Å². The maximum Gasteiger partial charge on any atom is 0.270 e. The molecule has 10 heteroatoms. The molecule has 3 heterocycles. The van der Waals surface area contributed by atoms with Gasteiger partial charge in [0.2, 0.25) is 0 Å². The van der Waals surface area contributed by atoms with Gasteiger partial charge in [0.05, 0.1) is 18.4 Å². The minimum absolute atomic E-state index is 0.0136. The highest BCUT2D eigenvalue weighted by molar-refractivity contribution is 7.80. The van der Waals surface area contributed by atoms with E-state index >= 15 is 0 Å². The number of nitrogens with zero attached hydrogens (tertiary/aromatic N) is 2. The summed E-state index contributed by atoms with van der Waals surface area (Å²) in [6.45, 7) is 3.90. The van der Waals surface area contributed by atoms with Crippen molar-refractivity contribution in [2.75, 3.05) is 17.3 Å². The number of hydrogen-bond donors (Lipinski definition) is 2. The molecule has 2 N–H and O–H groups in total. The number of thiophene rings is 1. The van der Waals surface area contributed by atoms with Crippen LogP contribution in [0.25, 0.3) is 11.1 Å². The molecule has 218 valence electrons. The molecule has 1 aliphatic heterocycles. The fourth-order valence-corrected chi connectivity index (χ4v) is 7.52. The number of thiocarbonyl (C=S) groups is 1. The normalized spacial score (nSPS) is 15.8. The highest BCUT2D eigenvalue weighted by Crippen LogP contribution is 2.39. The molecule has 0 radical (unpaired) electrons.